The summed E-state index contributed by atoms with van der Waals surface area (Å²) in [5, 5.41) is 1.58. The minimum atomic E-state index is -0.235. The van der Waals surface area contributed by atoms with Crippen LogP contribution in [0, 0.1) is 17.7 Å². The van der Waals surface area contributed by atoms with Crippen LogP contribution < -0.4 is 0 Å². The molecule has 0 fully saturated rings. The van der Waals surface area contributed by atoms with E-state index in [0.29, 0.717) is 10.9 Å². The number of hydrogen-bond donors (Lipinski definition) is 0. The summed E-state index contributed by atoms with van der Waals surface area (Å²) in [6.45, 7) is 4.26. The van der Waals surface area contributed by atoms with Gasteiger partial charge in [0.25, 0.3) is 0 Å². The first kappa shape index (κ1) is 24.5. The van der Waals surface area contributed by atoms with Gasteiger partial charge >= 0.3 is 0 Å². The number of halogens is 1. The first-order valence-electron chi connectivity index (χ1n) is 12.7. The molecule has 176 valence electrons. The van der Waals surface area contributed by atoms with Gasteiger partial charge in [-0.25, -0.2) is 4.39 Å². The Morgan fingerprint density at radius 2 is 1.46 bits per heavy atom. The van der Waals surface area contributed by atoms with Gasteiger partial charge in [-0.1, -0.05) is 104 Å². The lowest BCUT2D eigenvalue weighted by atomic mass is 10.00. The Kier molecular flexibility index (Phi) is 8.53. The molecule has 0 saturated carbocycles. The molecule has 4 rings (SSSR count). The van der Waals surface area contributed by atoms with Crippen molar-refractivity contribution >= 4 is 10.8 Å². The molecular weight excluding hydrogens is 427 g/mol. The lowest BCUT2D eigenvalue weighted by Crippen LogP contribution is -1.90. The van der Waals surface area contributed by atoms with Gasteiger partial charge in [0, 0.05) is 10.9 Å². The van der Waals surface area contributed by atoms with Crippen LogP contribution in [0.15, 0.2) is 91.0 Å². The Morgan fingerprint density at radius 3 is 2.17 bits per heavy atom. The first-order valence-corrected chi connectivity index (χ1v) is 12.7. The maximum atomic E-state index is 15.1. The highest BCUT2D eigenvalue weighted by molar-refractivity contribution is 5.85. The van der Waals surface area contributed by atoms with Crippen LogP contribution in [0.5, 0.6) is 0 Å². The van der Waals surface area contributed by atoms with E-state index < -0.39 is 0 Å². The molecule has 0 radical (unpaired) electrons. The van der Waals surface area contributed by atoms with Gasteiger partial charge in [-0.3, -0.25) is 0 Å². The second-order valence-electron chi connectivity index (χ2n) is 9.07. The molecule has 0 nitrogen and oxygen atoms in total. The zero-order valence-electron chi connectivity index (χ0n) is 20.8. The minimum absolute atomic E-state index is 0.235. The molecule has 0 aliphatic heterocycles. The van der Waals surface area contributed by atoms with Crippen LogP contribution >= 0.6 is 0 Å². The molecule has 0 atom stereocenters. The van der Waals surface area contributed by atoms with E-state index in [1.165, 1.54) is 36.0 Å². The van der Waals surface area contributed by atoms with E-state index in [0.717, 1.165) is 35.8 Å². The smallest absolute Gasteiger partial charge is 0.146 e. The van der Waals surface area contributed by atoms with E-state index in [4.69, 9.17) is 0 Å². The summed E-state index contributed by atoms with van der Waals surface area (Å²) < 4.78 is 15.1. The van der Waals surface area contributed by atoms with Gasteiger partial charge in [-0.05, 0) is 78.4 Å². The summed E-state index contributed by atoms with van der Waals surface area (Å²) in [4.78, 5) is 0. The molecule has 0 heterocycles. The van der Waals surface area contributed by atoms with Gasteiger partial charge < -0.3 is 0 Å². The second kappa shape index (κ2) is 12.2. The highest BCUT2D eigenvalue weighted by Gasteiger charge is 2.07. The van der Waals surface area contributed by atoms with Crippen LogP contribution in [0.1, 0.15) is 61.8 Å². The molecule has 1 heteroatoms. The van der Waals surface area contributed by atoms with Crippen LogP contribution in [-0.2, 0) is 12.8 Å². The average Bonchev–Trinajstić information content (AvgIpc) is 2.89. The molecule has 4 aromatic rings. The zero-order chi connectivity index (χ0) is 24.5. The van der Waals surface area contributed by atoms with Gasteiger partial charge in [0.2, 0.25) is 0 Å². The van der Waals surface area contributed by atoms with Crippen molar-refractivity contribution in [3.63, 3.8) is 0 Å². The number of rotatable bonds is 8. The molecule has 35 heavy (non-hydrogen) atoms. The molecule has 0 unspecified atom stereocenters. The second-order valence-corrected chi connectivity index (χ2v) is 9.07. The Balaban J connectivity index is 1.46. The van der Waals surface area contributed by atoms with Crippen molar-refractivity contribution in [3.05, 3.63) is 119 Å². The molecule has 0 N–H and O–H groups in total. The van der Waals surface area contributed by atoms with Crippen LogP contribution in [0.25, 0.3) is 21.9 Å². The van der Waals surface area contributed by atoms with Gasteiger partial charge in [0.1, 0.15) is 5.82 Å². The summed E-state index contributed by atoms with van der Waals surface area (Å²) >= 11 is 0. The van der Waals surface area contributed by atoms with Crippen LogP contribution in [0.2, 0.25) is 0 Å². The van der Waals surface area contributed by atoms with Crippen molar-refractivity contribution in [3.8, 4) is 23.0 Å². The number of aryl methyl sites for hydroxylation is 2. The van der Waals surface area contributed by atoms with Crippen LogP contribution in [-0.4, -0.2) is 0 Å². The lowest BCUT2D eigenvalue weighted by molar-refractivity contribution is 0.636. The standard InChI is InChI=1S/C34H33F/c1-3-5-7-9-26-11-17-29(18-12-26)30-19-13-27(14-20-30)15-21-31-22-23-32-25-28(10-8-6-4-2)16-24-33(32)34(31)35/h3,5,11-14,16-20,22-25H,4,6-10H2,1-2H3/b5-3+. The van der Waals surface area contributed by atoms with Crippen molar-refractivity contribution in [1.82, 2.24) is 0 Å². The van der Waals surface area contributed by atoms with Gasteiger partial charge in [0.05, 0.1) is 5.56 Å². The predicted octanol–water partition coefficient (Wildman–Crippen LogP) is 9.29. The summed E-state index contributed by atoms with van der Waals surface area (Å²) in [7, 11) is 0. The molecule has 0 aliphatic carbocycles. The molecule has 0 spiro atoms. The molecule has 4 aromatic carbocycles. The third-order valence-electron chi connectivity index (χ3n) is 6.44. The fraction of sp³-hybridized carbons (Fsp3) is 0.235. The lowest BCUT2D eigenvalue weighted by Gasteiger charge is -2.06. The van der Waals surface area contributed by atoms with E-state index in [1.54, 1.807) is 6.07 Å². The summed E-state index contributed by atoms with van der Waals surface area (Å²) in [6, 6.07) is 26.7. The third-order valence-corrected chi connectivity index (χ3v) is 6.44. The molecule has 0 saturated heterocycles. The summed E-state index contributed by atoms with van der Waals surface area (Å²) in [5.74, 6) is 5.94. The number of unbranched alkanes of at least 4 members (excludes halogenated alkanes) is 2. The first-order chi connectivity index (χ1) is 17.2. The van der Waals surface area contributed by atoms with Crippen molar-refractivity contribution < 1.29 is 4.39 Å². The van der Waals surface area contributed by atoms with Crippen LogP contribution in [0.3, 0.4) is 0 Å². The molecule has 0 aliphatic rings. The van der Waals surface area contributed by atoms with Crippen molar-refractivity contribution in [1.29, 1.82) is 0 Å². The Morgan fingerprint density at radius 1 is 0.743 bits per heavy atom. The van der Waals surface area contributed by atoms with Gasteiger partial charge in [-0.15, -0.1) is 0 Å². The van der Waals surface area contributed by atoms with Crippen molar-refractivity contribution in [2.45, 2.75) is 52.4 Å². The SMILES string of the molecule is C/C=C/CCc1ccc(-c2ccc(C#Cc3ccc4cc(CCCCC)ccc4c3F)cc2)cc1. The van der Waals surface area contributed by atoms with E-state index in [2.05, 4.69) is 80.3 Å². The normalized spacial score (nSPS) is 11.1. The monoisotopic (exact) mass is 460 g/mol. The molecule has 0 amide bonds. The summed E-state index contributed by atoms with van der Waals surface area (Å²) in [5.41, 5.74) is 6.28. The van der Waals surface area contributed by atoms with Gasteiger partial charge in [0.15, 0.2) is 0 Å². The largest absolute Gasteiger partial charge is 0.205 e. The van der Waals surface area contributed by atoms with E-state index in [1.807, 2.05) is 30.3 Å². The molecular formula is C34H33F. The fourth-order valence-corrected chi connectivity index (χ4v) is 4.34. The topological polar surface area (TPSA) is 0 Å². The van der Waals surface area contributed by atoms with Gasteiger partial charge in [-0.2, -0.15) is 0 Å². The Bertz CT molecular complexity index is 1350. The number of benzene rings is 4. The minimum Gasteiger partial charge on any atom is -0.205 e. The molecule has 0 bridgehead atoms. The third kappa shape index (κ3) is 6.49. The molecule has 0 aromatic heterocycles. The fourth-order valence-electron chi connectivity index (χ4n) is 4.34. The maximum absolute atomic E-state index is 15.1. The van der Waals surface area contributed by atoms with Crippen LogP contribution in [0.4, 0.5) is 4.39 Å². The van der Waals surface area contributed by atoms with E-state index in [9.17, 15) is 0 Å². The van der Waals surface area contributed by atoms with Crippen molar-refractivity contribution in [2.24, 2.45) is 0 Å². The number of allylic oxidation sites excluding steroid dienone is 2. The predicted molar refractivity (Wildman–Crippen MR) is 148 cm³/mol. The maximum Gasteiger partial charge on any atom is 0.146 e. The van der Waals surface area contributed by atoms with E-state index in [-0.39, 0.29) is 5.82 Å². The summed E-state index contributed by atoms with van der Waals surface area (Å²) in [6.07, 6.45) is 11.1. The van der Waals surface area contributed by atoms with E-state index >= 15 is 4.39 Å². The number of fused-ring (bicyclic) bond motifs is 1. The number of hydrogen-bond acceptors (Lipinski definition) is 0. The Hall–Kier alpha value is -3.63. The Labute approximate surface area is 209 Å². The highest BCUT2D eigenvalue weighted by Crippen LogP contribution is 2.24. The average molecular weight is 461 g/mol. The van der Waals surface area contributed by atoms with Crippen molar-refractivity contribution in [2.75, 3.05) is 0 Å². The zero-order valence-corrected chi connectivity index (χ0v) is 20.8. The highest BCUT2D eigenvalue weighted by atomic mass is 19.1. The quantitative estimate of drug-likeness (QED) is 0.140.